The van der Waals surface area contributed by atoms with E-state index in [0.717, 1.165) is 0 Å². The van der Waals surface area contributed by atoms with Crippen LogP contribution in [0.15, 0.2) is 36.4 Å². The highest BCUT2D eigenvalue weighted by Gasteiger charge is 2.15. The molecule has 0 aliphatic carbocycles. The number of phenolic OH excluding ortho intramolecular Hbond substituents is 1. The van der Waals surface area contributed by atoms with Crippen molar-refractivity contribution in [2.24, 2.45) is 0 Å². The van der Waals surface area contributed by atoms with E-state index in [1.165, 1.54) is 0 Å². The number of anilines is 1. The van der Waals surface area contributed by atoms with Crippen molar-refractivity contribution < 1.29 is 19.4 Å². The molecule has 3 rings (SSSR count). The molecule has 5 heteroatoms. The van der Waals surface area contributed by atoms with Gasteiger partial charge in [0, 0.05) is 11.8 Å². The summed E-state index contributed by atoms with van der Waals surface area (Å²) >= 11 is 0. The number of hydrogen-bond acceptors (Lipinski definition) is 4. The zero-order valence-corrected chi connectivity index (χ0v) is 11.6. The van der Waals surface area contributed by atoms with Gasteiger partial charge in [-0.1, -0.05) is 12.1 Å². The molecule has 1 amide bonds. The van der Waals surface area contributed by atoms with E-state index in [2.05, 4.69) is 5.32 Å². The Bertz CT molecular complexity index is 697. The molecule has 1 heterocycles. The molecule has 0 bridgehead atoms. The number of nitrogens with one attached hydrogen (secondary N) is 1. The first-order valence-corrected chi connectivity index (χ1v) is 6.65. The van der Waals surface area contributed by atoms with Crippen molar-refractivity contribution >= 4 is 11.6 Å². The fourth-order valence-corrected chi connectivity index (χ4v) is 2.16. The van der Waals surface area contributed by atoms with Crippen molar-refractivity contribution in [2.75, 3.05) is 18.5 Å². The predicted octanol–water partition coefficient (Wildman–Crippen LogP) is 2.72. The molecule has 0 fully saturated rings. The zero-order chi connectivity index (χ0) is 14.8. The summed E-state index contributed by atoms with van der Waals surface area (Å²) in [5, 5.41) is 12.7. The zero-order valence-electron chi connectivity index (χ0n) is 11.6. The molecular formula is C16H15NO4. The van der Waals surface area contributed by atoms with Gasteiger partial charge in [-0.25, -0.2) is 0 Å². The lowest BCUT2D eigenvalue weighted by atomic mass is 10.1. The highest BCUT2D eigenvalue weighted by Crippen LogP contribution is 2.33. The molecule has 21 heavy (non-hydrogen) atoms. The van der Waals surface area contributed by atoms with Gasteiger partial charge in [0.1, 0.15) is 19.0 Å². The number of carbonyl (C=O) groups is 1. The maximum atomic E-state index is 12.2. The lowest BCUT2D eigenvalue weighted by Gasteiger charge is -2.19. The molecule has 5 nitrogen and oxygen atoms in total. The third-order valence-corrected chi connectivity index (χ3v) is 3.28. The SMILES string of the molecule is Cc1cccc(C(=O)Nc2ccc3c(c2)OCCO3)c1O. The normalized spacial score (nSPS) is 12.8. The summed E-state index contributed by atoms with van der Waals surface area (Å²) in [6, 6.07) is 10.2. The third kappa shape index (κ3) is 2.63. The first-order valence-electron chi connectivity index (χ1n) is 6.65. The number of para-hydroxylation sites is 1. The molecule has 0 saturated heterocycles. The minimum atomic E-state index is -0.368. The van der Waals surface area contributed by atoms with Crippen molar-refractivity contribution in [3.63, 3.8) is 0 Å². The summed E-state index contributed by atoms with van der Waals surface area (Å²) in [5.74, 6) is 0.894. The van der Waals surface area contributed by atoms with Crippen LogP contribution in [0.1, 0.15) is 15.9 Å². The number of amides is 1. The van der Waals surface area contributed by atoms with E-state index in [-0.39, 0.29) is 17.2 Å². The van der Waals surface area contributed by atoms with Crippen molar-refractivity contribution in [3.8, 4) is 17.2 Å². The van der Waals surface area contributed by atoms with Crippen LogP contribution in [0.3, 0.4) is 0 Å². The van der Waals surface area contributed by atoms with Gasteiger partial charge in [-0.3, -0.25) is 4.79 Å². The molecule has 2 aromatic rings. The molecule has 2 aromatic carbocycles. The summed E-state index contributed by atoms with van der Waals surface area (Å²) in [7, 11) is 0. The van der Waals surface area contributed by atoms with E-state index < -0.39 is 0 Å². The number of benzene rings is 2. The molecule has 1 aliphatic heterocycles. The van der Waals surface area contributed by atoms with Crippen molar-refractivity contribution in [2.45, 2.75) is 6.92 Å². The molecule has 0 unspecified atom stereocenters. The summed E-state index contributed by atoms with van der Waals surface area (Å²) in [6.07, 6.45) is 0. The van der Waals surface area contributed by atoms with Gasteiger partial charge in [-0.15, -0.1) is 0 Å². The minimum Gasteiger partial charge on any atom is -0.507 e. The summed E-state index contributed by atoms with van der Waals surface area (Å²) in [4.78, 5) is 12.2. The molecule has 2 N–H and O–H groups in total. The van der Waals surface area contributed by atoms with E-state index in [1.807, 2.05) is 0 Å². The lowest BCUT2D eigenvalue weighted by molar-refractivity contribution is 0.102. The summed E-state index contributed by atoms with van der Waals surface area (Å²) < 4.78 is 10.9. The predicted molar refractivity (Wildman–Crippen MR) is 78.2 cm³/mol. The minimum absolute atomic E-state index is 0.00690. The average molecular weight is 285 g/mol. The first kappa shape index (κ1) is 13.3. The van der Waals surface area contributed by atoms with Gasteiger partial charge >= 0.3 is 0 Å². The Labute approximate surface area is 122 Å². The largest absolute Gasteiger partial charge is 0.507 e. The first-order chi connectivity index (χ1) is 10.1. The molecule has 0 saturated carbocycles. The number of aromatic hydroxyl groups is 1. The van der Waals surface area contributed by atoms with Crippen LogP contribution in [0, 0.1) is 6.92 Å². The molecule has 1 aliphatic rings. The molecule has 0 aromatic heterocycles. The highest BCUT2D eigenvalue weighted by molar-refractivity contribution is 6.06. The van der Waals surface area contributed by atoms with E-state index in [4.69, 9.17) is 9.47 Å². The van der Waals surface area contributed by atoms with E-state index in [0.29, 0.717) is 36.0 Å². The van der Waals surface area contributed by atoms with Crippen molar-refractivity contribution in [1.82, 2.24) is 0 Å². The van der Waals surface area contributed by atoms with Crippen molar-refractivity contribution in [3.05, 3.63) is 47.5 Å². The molecular weight excluding hydrogens is 270 g/mol. The van der Waals surface area contributed by atoms with Gasteiger partial charge in [0.25, 0.3) is 5.91 Å². The Morgan fingerprint density at radius 3 is 2.71 bits per heavy atom. The van der Waals surface area contributed by atoms with E-state index in [1.54, 1.807) is 43.3 Å². The molecule has 108 valence electrons. The Balaban J connectivity index is 1.83. The number of ether oxygens (including phenoxy) is 2. The van der Waals surface area contributed by atoms with Crippen LogP contribution in [-0.4, -0.2) is 24.2 Å². The third-order valence-electron chi connectivity index (χ3n) is 3.28. The number of rotatable bonds is 2. The topological polar surface area (TPSA) is 67.8 Å². The fraction of sp³-hybridized carbons (Fsp3) is 0.188. The van der Waals surface area contributed by atoms with Gasteiger partial charge in [-0.2, -0.15) is 0 Å². The smallest absolute Gasteiger partial charge is 0.259 e. The van der Waals surface area contributed by atoms with E-state index >= 15 is 0 Å². The maximum Gasteiger partial charge on any atom is 0.259 e. The van der Waals surface area contributed by atoms with Crippen LogP contribution in [0.2, 0.25) is 0 Å². The highest BCUT2D eigenvalue weighted by atomic mass is 16.6. The second-order valence-corrected chi connectivity index (χ2v) is 4.78. The van der Waals surface area contributed by atoms with Gasteiger partial charge < -0.3 is 19.9 Å². The second kappa shape index (κ2) is 5.36. The summed E-state index contributed by atoms with van der Waals surface area (Å²) in [5.41, 5.74) is 1.49. The maximum absolute atomic E-state index is 12.2. The monoisotopic (exact) mass is 285 g/mol. The number of phenols is 1. The van der Waals surface area contributed by atoms with Gasteiger partial charge in [0.15, 0.2) is 11.5 Å². The quantitative estimate of drug-likeness (QED) is 0.890. The number of carbonyl (C=O) groups excluding carboxylic acids is 1. The Morgan fingerprint density at radius 1 is 1.14 bits per heavy atom. The van der Waals surface area contributed by atoms with Gasteiger partial charge in [0.05, 0.1) is 5.56 Å². The van der Waals surface area contributed by atoms with Crippen LogP contribution >= 0.6 is 0 Å². The van der Waals surface area contributed by atoms with Gasteiger partial charge in [0.2, 0.25) is 0 Å². The van der Waals surface area contributed by atoms with Crippen LogP contribution in [-0.2, 0) is 0 Å². The average Bonchev–Trinajstić information content (AvgIpc) is 2.50. The molecule has 0 spiro atoms. The van der Waals surface area contributed by atoms with Crippen LogP contribution < -0.4 is 14.8 Å². The lowest BCUT2D eigenvalue weighted by Crippen LogP contribution is -2.16. The van der Waals surface area contributed by atoms with E-state index in [9.17, 15) is 9.90 Å². The van der Waals surface area contributed by atoms with Gasteiger partial charge in [-0.05, 0) is 30.7 Å². The van der Waals surface area contributed by atoms with Crippen LogP contribution in [0.25, 0.3) is 0 Å². The number of aryl methyl sites for hydroxylation is 1. The second-order valence-electron chi connectivity index (χ2n) is 4.78. The number of hydrogen-bond donors (Lipinski definition) is 2. The molecule has 0 radical (unpaired) electrons. The molecule has 0 atom stereocenters. The van der Waals surface area contributed by atoms with Crippen LogP contribution in [0.5, 0.6) is 17.2 Å². The Hall–Kier alpha value is -2.69. The number of fused-ring (bicyclic) bond motifs is 1. The van der Waals surface area contributed by atoms with Crippen LogP contribution in [0.4, 0.5) is 5.69 Å². The Morgan fingerprint density at radius 2 is 1.90 bits per heavy atom. The summed E-state index contributed by atoms with van der Waals surface area (Å²) in [6.45, 7) is 2.76. The standard InChI is InChI=1S/C16H15NO4/c1-10-3-2-4-12(15(10)18)16(19)17-11-5-6-13-14(9-11)21-8-7-20-13/h2-6,9,18H,7-8H2,1H3,(H,17,19). The fourth-order valence-electron chi connectivity index (χ4n) is 2.16. The Kier molecular flexibility index (Phi) is 3.39. The van der Waals surface area contributed by atoms with Crippen molar-refractivity contribution in [1.29, 1.82) is 0 Å².